The van der Waals surface area contributed by atoms with Crippen LogP contribution in [0, 0.1) is 5.82 Å². The van der Waals surface area contributed by atoms with Gasteiger partial charge in [-0.1, -0.05) is 36.4 Å². The van der Waals surface area contributed by atoms with E-state index in [0.29, 0.717) is 28.8 Å². The van der Waals surface area contributed by atoms with Crippen molar-refractivity contribution < 1.29 is 43.9 Å². The SMILES string of the molecule is Fc1ccc(-c2cc(-c3nc4ccccc4n3-c3c(C(F)(F)F)cccc3C(F)(F)F)ccc2C(F)(F)F)cc1. The molecule has 5 rings (SSSR count). The zero-order valence-corrected chi connectivity index (χ0v) is 19.8. The molecule has 0 radical (unpaired) electrons. The summed E-state index contributed by atoms with van der Waals surface area (Å²) in [7, 11) is 0. The molecule has 0 atom stereocenters. The zero-order chi connectivity index (χ0) is 29.0. The third-order valence-electron chi connectivity index (χ3n) is 6.17. The summed E-state index contributed by atoms with van der Waals surface area (Å²) in [6.07, 6.45) is -15.3. The Hall–Kier alpha value is -4.35. The number of fused-ring (bicyclic) bond motifs is 1. The lowest BCUT2D eigenvalue weighted by molar-refractivity contribution is -0.143. The van der Waals surface area contributed by atoms with Crippen LogP contribution in [0.4, 0.5) is 43.9 Å². The van der Waals surface area contributed by atoms with Crippen molar-refractivity contribution in [2.24, 2.45) is 0 Å². The van der Waals surface area contributed by atoms with Gasteiger partial charge in [0.05, 0.1) is 33.4 Å². The number of rotatable bonds is 3. The second-order valence-electron chi connectivity index (χ2n) is 8.72. The highest BCUT2D eigenvalue weighted by molar-refractivity contribution is 5.85. The van der Waals surface area contributed by atoms with Gasteiger partial charge in [0, 0.05) is 5.56 Å². The van der Waals surface area contributed by atoms with Crippen LogP contribution in [-0.4, -0.2) is 9.55 Å². The van der Waals surface area contributed by atoms with Crippen molar-refractivity contribution in [2.75, 3.05) is 0 Å². The Morgan fingerprint density at radius 2 is 1.10 bits per heavy atom. The van der Waals surface area contributed by atoms with Gasteiger partial charge in [0.1, 0.15) is 11.6 Å². The number of halogens is 10. The maximum Gasteiger partial charge on any atom is 0.418 e. The van der Waals surface area contributed by atoms with E-state index in [1.165, 1.54) is 24.3 Å². The van der Waals surface area contributed by atoms with Crippen LogP contribution in [0.15, 0.2) is 84.9 Å². The normalized spacial score (nSPS) is 12.8. The first-order valence-electron chi connectivity index (χ1n) is 11.4. The fraction of sp³-hybridized carbons (Fsp3) is 0.107. The van der Waals surface area contributed by atoms with Gasteiger partial charge in [0.25, 0.3) is 0 Å². The molecular weight excluding hydrogens is 554 g/mol. The molecule has 0 saturated carbocycles. The van der Waals surface area contributed by atoms with Crippen molar-refractivity contribution in [1.29, 1.82) is 0 Å². The molecule has 0 saturated heterocycles. The zero-order valence-electron chi connectivity index (χ0n) is 19.8. The van der Waals surface area contributed by atoms with Crippen molar-refractivity contribution in [3.05, 3.63) is 107 Å². The Labute approximate surface area is 219 Å². The minimum absolute atomic E-state index is 0.00540. The molecule has 12 heteroatoms. The first kappa shape index (κ1) is 27.2. The van der Waals surface area contributed by atoms with Gasteiger partial charge in [-0.25, -0.2) is 9.37 Å². The fourth-order valence-corrected chi connectivity index (χ4v) is 4.49. The van der Waals surface area contributed by atoms with Crippen molar-refractivity contribution in [3.63, 3.8) is 0 Å². The van der Waals surface area contributed by atoms with Gasteiger partial charge >= 0.3 is 18.5 Å². The van der Waals surface area contributed by atoms with E-state index in [-0.39, 0.29) is 22.2 Å². The average Bonchev–Trinajstić information content (AvgIpc) is 3.26. The summed E-state index contributed by atoms with van der Waals surface area (Å²) < 4.78 is 140. The molecule has 0 bridgehead atoms. The lowest BCUT2D eigenvalue weighted by Crippen LogP contribution is -2.18. The average molecular weight is 568 g/mol. The molecule has 206 valence electrons. The predicted octanol–water partition coefficient (Wildman–Crippen LogP) is 9.55. The van der Waals surface area contributed by atoms with E-state index in [2.05, 4.69) is 4.98 Å². The number of imidazole rings is 1. The van der Waals surface area contributed by atoms with E-state index in [4.69, 9.17) is 0 Å². The maximum absolute atomic E-state index is 14.1. The van der Waals surface area contributed by atoms with Gasteiger partial charge in [-0.3, -0.25) is 4.57 Å². The predicted molar refractivity (Wildman–Crippen MR) is 127 cm³/mol. The lowest BCUT2D eigenvalue weighted by atomic mass is 9.96. The van der Waals surface area contributed by atoms with E-state index in [1.54, 1.807) is 0 Å². The summed E-state index contributed by atoms with van der Waals surface area (Å²) in [5.74, 6) is -1.18. The lowest BCUT2D eigenvalue weighted by Gasteiger charge is -2.22. The van der Waals surface area contributed by atoms with Crippen LogP contribution in [0.2, 0.25) is 0 Å². The third kappa shape index (κ3) is 4.89. The number of alkyl halides is 9. The Morgan fingerprint density at radius 1 is 0.550 bits per heavy atom. The van der Waals surface area contributed by atoms with Crippen molar-refractivity contribution in [2.45, 2.75) is 18.5 Å². The molecule has 5 aromatic rings. The number of hydrogen-bond acceptors (Lipinski definition) is 1. The first-order chi connectivity index (χ1) is 18.7. The number of aromatic nitrogens is 2. The van der Waals surface area contributed by atoms with E-state index in [9.17, 15) is 43.9 Å². The van der Waals surface area contributed by atoms with Gasteiger partial charge in [-0.2, -0.15) is 39.5 Å². The standard InChI is InChI=1S/C28H14F10N2/c29-17-11-8-15(9-12-17)18-14-16(10-13-19(18)26(30,31)32)25-39-22-6-1-2-7-23(22)40(25)24-20(27(33,34)35)4-3-5-21(24)28(36,37)38/h1-14H. The summed E-state index contributed by atoms with van der Waals surface area (Å²) in [6.45, 7) is 0. The van der Waals surface area contributed by atoms with E-state index in [0.717, 1.165) is 36.4 Å². The van der Waals surface area contributed by atoms with Crippen LogP contribution in [0.5, 0.6) is 0 Å². The Morgan fingerprint density at radius 3 is 1.68 bits per heavy atom. The van der Waals surface area contributed by atoms with E-state index in [1.807, 2.05) is 0 Å². The molecule has 4 aromatic carbocycles. The molecule has 2 nitrogen and oxygen atoms in total. The first-order valence-corrected chi connectivity index (χ1v) is 11.4. The van der Waals surface area contributed by atoms with Crippen LogP contribution in [0.1, 0.15) is 16.7 Å². The fourth-order valence-electron chi connectivity index (χ4n) is 4.49. The molecule has 1 aromatic heterocycles. The Kier molecular flexibility index (Phi) is 6.39. The maximum atomic E-state index is 14.1. The van der Waals surface area contributed by atoms with Crippen LogP contribution in [0.25, 0.3) is 39.2 Å². The van der Waals surface area contributed by atoms with Crippen molar-refractivity contribution in [1.82, 2.24) is 9.55 Å². The molecule has 0 aliphatic rings. The molecular formula is C28H14F10N2. The highest BCUT2D eigenvalue weighted by Crippen LogP contribution is 2.45. The summed E-state index contributed by atoms with van der Waals surface area (Å²) in [4.78, 5) is 4.23. The second kappa shape index (κ2) is 9.39. The van der Waals surface area contributed by atoms with Crippen molar-refractivity contribution >= 4 is 11.0 Å². The minimum atomic E-state index is -5.22. The van der Waals surface area contributed by atoms with Crippen LogP contribution < -0.4 is 0 Å². The highest BCUT2D eigenvalue weighted by Gasteiger charge is 2.42. The number of hydrogen-bond donors (Lipinski definition) is 0. The molecule has 40 heavy (non-hydrogen) atoms. The number of benzene rings is 4. The van der Waals surface area contributed by atoms with Gasteiger partial charge < -0.3 is 0 Å². The van der Waals surface area contributed by atoms with Crippen LogP contribution >= 0.6 is 0 Å². The third-order valence-corrected chi connectivity index (χ3v) is 6.17. The molecule has 0 aliphatic carbocycles. The van der Waals surface area contributed by atoms with Gasteiger partial charge in [0.15, 0.2) is 0 Å². The van der Waals surface area contributed by atoms with Gasteiger partial charge in [0.2, 0.25) is 0 Å². The largest absolute Gasteiger partial charge is 0.418 e. The number of nitrogens with zero attached hydrogens (tertiary/aromatic N) is 2. The molecule has 0 unspecified atom stereocenters. The number of para-hydroxylation sites is 3. The summed E-state index contributed by atoms with van der Waals surface area (Å²) in [5, 5.41) is 0. The summed E-state index contributed by atoms with van der Waals surface area (Å²) >= 11 is 0. The molecule has 0 spiro atoms. The minimum Gasteiger partial charge on any atom is -0.291 e. The molecule has 0 amide bonds. The Balaban J connectivity index is 1.89. The van der Waals surface area contributed by atoms with E-state index < -0.39 is 58.1 Å². The van der Waals surface area contributed by atoms with E-state index >= 15 is 0 Å². The van der Waals surface area contributed by atoms with Gasteiger partial charge in [-0.05, 0) is 59.7 Å². The van der Waals surface area contributed by atoms with Crippen LogP contribution in [0.3, 0.4) is 0 Å². The quantitative estimate of drug-likeness (QED) is 0.198. The molecule has 0 aliphatic heterocycles. The Bertz CT molecular complexity index is 1680. The van der Waals surface area contributed by atoms with Gasteiger partial charge in [-0.15, -0.1) is 0 Å². The summed E-state index contributed by atoms with van der Waals surface area (Å²) in [5.41, 5.74) is -6.52. The topological polar surface area (TPSA) is 17.8 Å². The molecule has 0 fully saturated rings. The molecule has 1 heterocycles. The highest BCUT2D eigenvalue weighted by atomic mass is 19.4. The summed E-state index contributed by atoms with van der Waals surface area (Å²) in [6, 6.07) is 13.6. The van der Waals surface area contributed by atoms with Crippen molar-refractivity contribution in [3.8, 4) is 28.2 Å². The monoisotopic (exact) mass is 568 g/mol. The second-order valence-corrected chi connectivity index (χ2v) is 8.72. The van der Waals surface area contributed by atoms with Crippen LogP contribution in [-0.2, 0) is 18.5 Å². The smallest absolute Gasteiger partial charge is 0.291 e. The molecule has 0 N–H and O–H groups in total.